The summed E-state index contributed by atoms with van der Waals surface area (Å²) in [5, 5.41) is 0. The van der Waals surface area contributed by atoms with Crippen molar-refractivity contribution in [2.75, 3.05) is 27.3 Å². The van der Waals surface area contributed by atoms with E-state index >= 15 is 0 Å². The van der Waals surface area contributed by atoms with Gasteiger partial charge in [0.15, 0.2) is 5.78 Å². The second-order valence-electron chi connectivity index (χ2n) is 3.57. The SMILES string of the molecule is CN(C)/C=C/C(=O)C1CCOCC1. The molecule has 3 nitrogen and oxygen atoms in total. The van der Waals surface area contributed by atoms with Crippen molar-refractivity contribution < 1.29 is 9.53 Å². The summed E-state index contributed by atoms with van der Waals surface area (Å²) in [5.41, 5.74) is 0. The number of rotatable bonds is 3. The number of hydrogen-bond acceptors (Lipinski definition) is 3. The number of carbonyl (C=O) groups excluding carboxylic acids is 1. The van der Waals surface area contributed by atoms with E-state index in [9.17, 15) is 4.79 Å². The van der Waals surface area contributed by atoms with Gasteiger partial charge < -0.3 is 9.64 Å². The Labute approximate surface area is 79.4 Å². The van der Waals surface area contributed by atoms with E-state index in [1.165, 1.54) is 0 Å². The van der Waals surface area contributed by atoms with Crippen molar-refractivity contribution in [3.63, 3.8) is 0 Å². The third-order valence-corrected chi connectivity index (χ3v) is 2.16. The van der Waals surface area contributed by atoms with Gasteiger partial charge in [-0.2, -0.15) is 0 Å². The monoisotopic (exact) mass is 183 g/mol. The number of ketones is 1. The standard InChI is InChI=1S/C10H17NO2/c1-11(2)6-3-10(12)9-4-7-13-8-5-9/h3,6,9H,4-5,7-8H2,1-2H3/b6-3+. The highest BCUT2D eigenvalue weighted by atomic mass is 16.5. The summed E-state index contributed by atoms with van der Waals surface area (Å²) in [6.07, 6.45) is 5.21. The molecule has 0 aromatic rings. The molecule has 1 saturated heterocycles. The molecule has 0 atom stereocenters. The van der Waals surface area contributed by atoms with Gasteiger partial charge in [0, 0.05) is 39.4 Å². The Morgan fingerprint density at radius 2 is 2.00 bits per heavy atom. The zero-order chi connectivity index (χ0) is 9.68. The molecule has 74 valence electrons. The van der Waals surface area contributed by atoms with Gasteiger partial charge in [-0.05, 0) is 18.9 Å². The lowest BCUT2D eigenvalue weighted by Gasteiger charge is -2.19. The molecule has 3 heteroatoms. The quantitative estimate of drug-likeness (QED) is 0.613. The fraction of sp³-hybridized carbons (Fsp3) is 0.700. The van der Waals surface area contributed by atoms with E-state index in [1.54, 1.807) is 12.3 Å². The highest BCUT2D eigenvalue weighted by molar-refractivity contribution is 5.91. The molecule has 0 aromatic carbocycles. The first-order valence-electron chi connectivity index (χ1n) is 4.66. The van der Waals surface area contributed by atoms with Crippen LogP contribution in [0.2, 0.25) is 0 Å². The maximum Gasteiger partial charge on any atom is 0.160 e. The topological polar surface area (TPSA) is 29.5 Å². The van der Waals surface area contributed by atoms with Crippen LogP contribution in [-0.4, -0.2) is 38.0 Å². The molecule has 0 saturated carbocycles. The molecule has 0 N–H and O–H groups in total. The first-order valence-corrected chi connectivity index (χ1v) is 4.66. The van der Waals surface area contributed by atoms with Crippen LogP contribution in [0.1, 0.15) is 12.8 Å². The maximum absolute atomic E-state index is 11.5. The van der Waals surface area contributed by atoms with Gasteiger partial charge in [-0.3, -0.25) is 4.79 Å². The predicted octanol–water partition coefficient (Wildman–Crippen LogP) is 1.06. The van der Waals surface area contributed by atoms with Crippen molar-refractivity contribution in [2.24, 2.45) is 5.92 Å². The maximum atomic E-state index is 11.5. The molecular weight excluding hydrogens is 166 g/mol. The highest BCUT2D eigenvalue weighted by Gasteiger charge is 2.18. The van der Waals surface area contributed by atoms with Crippen LogP contribution < -0.4 is 0 Å². The van der Waals surface area contributed by atoms with Crippen molar-refractivity contribution in [3.05, 3.63) is 12.3 Å². The predicted molar refractivity (Wildman–Crippen MR) is 51.4 cm³/mol. The average Bonchev–Trinajstić information content (AvgIpc) is 2.15. The van der Waals surface area contributed by atoms with Gasteiger partial charge in [-0.15, -0.1) is 0 Å². The largest absolute Gasteiger partial charge is 0.383 e. The Morgan fingerprint density at radius 3 is 2.54 bits per heavy atom. The molecule has 0 amide bonds. The number of ether oxygens (including phenoxy) is 1. The summed E-state index contributed by atoms with van der Waals surface area (Å²) in [7, 11) is 3.82. The van der Waals surface area contributed by atoms with Crippen LogP contribution in [0.3, 0.4) is 0 Å². The van der Waals surface area contributed by atoms with E-state index in [0.29, 0.717) is 0 Å². The zero-order valence-corrected chi connectivity index (χ0v) is 8.32. The molecule has 1 heterocycles. The molecule has 13 heavy (non-hydrogen) atoms. The second kappa shape index (κ2) is 5.02. The van der Waals surface area contributed by atoms with Crippen molar-refractivity contribution in [3.8, 4) is 0 Å². The lowest BCUT2D eigenvalue weighted by molar-refractivity contribution is -0.120. The summed E-state index contributed by atoms with van der Waals surface area (Å²) < 4.78 is 5.19. The summed E-state index contributed by atoms with van der Waals surface area (Å²) in [5.74, 6) is 0.418. The van der Waals surface area contributed by atoms with E-state index in [2.05, 4.69) is 0 Å². The summed E-state index contributed by atoms with van der Waals surface area (Å²) in [4.78, 5) is 13.4. The highest BCUT2D eigenvalue weighted by Crippen LogP contribution is 2.15. The molecule has 0 bridgehead atoms. The van der Waals surface area contributed by atoms with E-state index in [-0.39, 0.29) is 11.7 Å². The molecule has 1 rings (SSSR count). The normalized spacial score (nSPS) is 19.2. The van der Waals surface area contributed by atoms with Gasteiger partial charge >= 0.3 is 0 Å². The smallest absolute Gasteiger partial charge is 0.160 e. The van der Waals surface area contributed by atoms with Crippen LogP contribution in [0.4, 0.5) is 0 Å². The number of nitrogens with zero attached hydrogens (tertiary/aromatic N) is 1. The minimum absolute atomic E-state index is 0.185. The minimum atomic E-state index is 0.185. The zero-order valence-electron chi connectivity index (χ0n) is 8.32. The third kappa shape index (κ3) is 3.59. The summed E-state index contributed by atoms with van der Waals surface area (Å²) in [6.45, 7) is 1.46. The van der Waals surface area contributed by atoms with Crippen LogP contribution >= 0.6 is 0 Å². The lowest BCUT2D eigenvalue weighted by atomic mass is 9.95. The fourth-order valence-corrected chi connectivity index (χ4v) is 1.34. The average molecular weight is 183 g/mol. The Morgan fingerprint density at radius 1 is 1.38 bits per heavy atom. The Hall–Kier alpha value is -0.830. The first kappa shape index (κ1) is 10.3. The van der Waals surface area contributed by atoms with E-state index in [4.69, 9.17) is 4.74 Å². The molecule has 1 aliphatic heterocycles. The van der Waals surface area contributed by atoms with E-state index in [1.807, 2.05) is 19.0 Å². The molecule has 0 unspecified atom stereocenters. The van der Waals surface area contributed by atoms with Gasteiger partial charge in [0.05, 0.1) is 0 Å². The Balaban J connectivity index is 2.37. The molecule has 0 radical (unpaired) electrons. The molecule has 0 spiro atoms. The Kier molecular flexibility index (Phi) is 3.96. The third-order valence-electron chi connectivity index (χ3n) is 2.16. The lowest BCUT2D eigenvalue weighted by Crippen LogP contribution is -2.22. The van der Waals surface area contributed by atoms with Crippen molar-refractivity contribution in [1.29, 1.82) is 0 Å². The molecule has 1 fully saturated rings. The summed E-state index contributed by atoms with van der Waals surface area (Å²) in [6, 6.07) is 0. The second-order valence-corrected chi connectivity index (χ2v) is 3.57. The van der Waals surface area contributed by atoms with Crippen LogP contribution in [0, 0.1) is 5.92 Å². The van der Waals surface area contributed by atoms with Crippen LogP contribution in [-0.2, 0) is 9.53 Å². The minimum Gasteiger partial charge on any atom is -0.383 e. The number of allylic oxidation sites excluding steroid dienone is 1. The van der Waals surface area contributed by atoms with Gasteiger partial charge in [0.1, 0.15) is 0 Å². The van der Waals surface area contributed by atoms with Gasteiger partial charge in [-0.25, -0.2) is 0 Å². The van der Waals surface area contributed by atoms with Crippen molar-refractivity contribution in [2.45, 2.75) is 12.8 Å². The number of hydrogen-bond donors (Lipinski definition) is 0. The summed E-state index contributed by atoms with van der Waals surface area (Å²) >= 11 is 0. The van der Waals surface area contributed by atoms with Crippen LogP contribution in [0.15, 0.2) is 12.3 Å². The molecule has 0 aromatic heterocycles. The van der Waals surface area contributed by atoms with Crippen LogP contribution in [0.25, 0.3) is 0 Å². The van der Waals surface area contributed by atoms with Crippen molar-refractivity contribution in [1.82, 2.24) is 4.90 Å². The first-order chi connectivity index (χ1) is 6.20. The van der Waals surface area contributed by atoms with Gasteiger partial charge in [0.25, 0.3) is 0 Å². The Bertz CT molecular complexity index is 193. The molecular formula is C10H17NO2. The molecule has 0 aliphatic carbocycles. The van der Waals surface area contributed by atoms with E-state index in [0.717, 1.165) is 26.1 Å². The van der Waals surface area contributed by atoms with E-state index < -0.39 is 0 Å². The fourth-order valence-electron chi connectivity index (χ4n) is 1.34. The van der Waals surface area contributed by atoms with Crippen molar-refractivity contribution >= 4 is 5.78 Å². The van der Waals surface area contributed by atoms with Gasteiger partial charge in [-0.1, -0.05) is 0 Å². The number of carbonyl (C=O) groups is 1. The van der Waals surface area contributed by atoms with Gasteiger partial charge in [0.2, 0.25) is 0 Å². The van der Waals surface area contributed by atoms with Crippen LogP contribution in [0.5, 0.6) is 0 Å². The molecule has 1 aliphatic rings.